The van der Waals surface area contributed by atoms with E-state index in [1.165, 1.54) is 44.0 Å². The van der Waals surface area contributed by atoms with Crippen molar-refractivity contribution in [2.45, 2.75) is 32.4 Å². The van der Waals surface area contributed by atoms with E-state index in [4.69, 9.17) is 23.3 Å². The van der Waals surface area contributed by atoms with Gasteiger partial charge in [-0.25, -0.2) is 9.36 Å². The van der Waals surface area contributed by atoms with Gasteiger partial charge in [-0.15, -0.1) is 0 Å². The van der Waals surface area contributed by atoms with E-state index in [0.717, 1.165) is 0 Å². The van der Waals surface area contributed by atoms with Crippen LogP contribution in [-0.4, -0.2) is 55.3 Å². The number of carbonyl (C=O) groups excluding carboxylic acids is 1. The molecule has 2 aromatic rings. The van der Waals surface area contributed by atoms with Gasteiger partial charge in [0.15, 0.2) is 12.5 Å². The van der Waals surface area contributed by atoms with Gasteiger partial charge in [0.2, 0.25) is 0 Å². The maximum Gasteiger partial charge on any atom is 0.459 e. The number of rotatable bonds is 10. The first-order valence-electron chi connectivity index (χ1n) is 10.2. The van der Waals surface area contributed by atoms with Crippen molar-refractivity contribution in [2.75, 3.05) is 27.4 Å². The molecule has 13 nitrogen and oxygen atoms in total. The summed E-state index contributed by atoms with van der Waals surface area (Å²) in [4.78, 5) is 37.7. The number of nitrogens with zero attached hydrogens (tertiary/aromatic N) is 1. The maximum atomic E-state index is 13.4. The van der Waals surface area contributed by atoms with Gasteiger partial charge in [-0.2, -0.15) is 5.09 Å². The average Bonchev–Trinajstić information content (AvgIpc) is 3.29. The van der Waals surface area contributed by atoms with Gasteiger partial charge >= 0.3 is 19.4 Å². The molecule has 0 radical (unpaired) electrons. The Hall–Kier alpha value is -2.96. The van der Waals surface area contributed by atoms with E-state index >= 15 is 0 Å². The normalized spacial score (nSPS) is 20.4. The van der Waals surface area contributed by atoms with Crippen LogP contribution in [0.2, 0.25) is 0 Å². The number of carbonyl (C=O) groups is 1. The second-order valence-electron chi connectivity index (χ2n) is 7.27. The fourth-order valence-electron chi connectivity index (χ4n) is 2.97. The van der Waals surface area contributed by atoms with Gasteiger partial charge in [-0.05, 0) is 38.1 Å². The van der Waals surface area contributed by atoms with Crippen molar-refractivity contribution < 1.29 is 37.4 Å². The summed E-state index contributed by atoms with van der Waals surface area (Å²) in [5.41, 5.74) is -0.836. The van der Waals surface area contributed by atoms with Gasteiger partial charge < -0.3 is 23.5 Å². The molecule has 3 rings (SSSR count). The van der Waals surface area contributed by atoms with E-state index < -0.39 is 43.5 Å². The molecule has 2 heterocycles. The third-order valence-corrected chi connectivity index (χ3v) is 6.41. The Bertz CT molecular complexity index is 1160. The molecule has 4 atom stereocenters. The first-order valence-corrected chi connectivity index (χ1v) is 11.7. The predicted molar refractivity (Wildman–Crippen MR) is 118 cm³/mol. The second-order valence-corrected chi connectivity index (χ2v) is 8.96. The highest BCUT2D eigenvalue weighted by molar-refractivity contribution is 7.52. The van der Waals surface area contributed by atoms with Crippen LogP contribution >= 0.6 is 7.75 Å². The summed E-state index contributed by atoms with van der Waals surface area (Å²) >= 11 is 0. The Morgan fingerprint density at radius 3 is 2.59 bits per heavy atom. The molecule has 0 spiro atoms. The lowest BCUT2D eigenvalue weighted by Gasteiger charge is -2.23. The van der Waals surface area contributed by atoms with E-state index in [1.807, 2.05) is 0 Å². The second kappa shape index (κ2) is 11.0. The van der Waals surface area contributed by atoms with Crippen LogP contribution in [0, 0.1) is 6.92 Å². The molecule has 1 saturated heterocycles. The highest BCUT2D eigenvalue weighted by atomic mass is 31.2. The minimum absolute atomic E-state index is 0.0188. The summed E-state index contributed by atoms with van der Waals surface area (Å²) in [5.74, 6) is 0.0732. The molecule has 1 aromatic heterocycles. The molecule has 1 fully saturated rings. The fraction of sp³-hybridized carbons (Fsp3) is 0.450. The van der Waals surface area contributed by atoms with Crippen LogP contribution in [0.4, 0.5) is 0 Å². The number of benzene rings is 1. The summed E-state index contributed by atoms with van der Waals surface area (Å²) < 4.78 is 46.5. The van der Waals surface area contributed by atoms with Gasteiger partial charge in [0.1, 0.15) is 24.1 Å². The largest absolute Gasteiger partial charge is 0.497 e. The van der Waals surface area contributed by atoms with E-state index in [9.17, 15) is 18.9 Å². The quantitative estimate of drug-likeness (QED) is 0.356. The molecule has 1 aromatic carbocycles. The SMILES string of the molecule is COC(=O)[C@H](C)NP(=O)(OC[C@@H]1OC[C@H](n2cc(C)c(=O)[nH]c2=O)O1)Oc1ccc(OC)cc1. The smallest absolute Gasteiger partial charge is 0.459 e. The maximum absolute atomic E-state index is 13.4. The van der Waals surface area contributed by atoms with E-state index in [2.05, 4.69) is 14.8 Å². The topological polar surface area (TPSA) is 156 Å². The molecule has 0 aliphatic carbocycles. The summed E-state index contributed by atoms with van der Waals surface area (Å²) in [7, 11) is -1.43. The molecule has 1 aliphatic heterocycles. The van der Waals surface area contributed by atoms with Crippen LogP contribution in [0.25, 0.3) is 0 Å². The Balaban J connectivity index is 1.70. The number of aromatic amines is 1. The van der Waals surface area contributed by atoms with Crippen LogP contribution in [0.5, 0.6) is 11.5 Å². The molecule has 34 heavy (non-hydrogen) atoms. The third-order valence-electron chi connectivity index (χ3n) is 4.76. The number of aryl methyl sites for hydroxylation is 1. The Kier molecular flexibility index (Phi) is 8.28. The van der Waals surface area contributed by atoms with Crippen molar-refractivity contribution >= 4 is 13.7 Å². The van der Waals surface area contributed by atoms with Gasteiger partial charge in [-0.1, -0.05) is 0 Å². The molecule has 0 bridgehead atoms. The molecular weight excluding hydrogens is 473 g/mol. The molecule has 0 amide bonds. The molecule has 1 aliphatic rings. The van der Waals surface area contributed by atoms with E-state index in [0.29, 0.717) is 11.3 Å². The Morgan fingerprint density at radius 2 is 1.94 bits per heavy atom. The minimum atomic E-state index is -4.12. The summed E-state index contributed by atoms with van der Waals surface area (Å²) in [6, 6.07) is 5.21. The summed E-state index contributed by atoms with van der Waals surface area (Å²) in [5, 5.41) is 2.51. The van der Waals surface area contributed by atoms with Crippen LogP contribution in [-0.2, 0) is 28.1 Å². The number of aromatic nitrogens is 2. The molecule has 2 N–H and O–H groups in total. The number of H-pyrrole nitrogens is 1. The molecule has 1 unspecified atom stereocenters. The van der Waals surface area contributed by atoms with Gasteiger partial charge in [0.25, 0.3) is 5.56 Å². The first-order chi connectivity index (χ1) is 16.1. The zero-order valence-corrected chi connectivity index (χ0v) is 19.9. The predicted octanol–water partition coefficient (Wildman–Crippen LogP) is 1.08. The van der Waals surface area contributed by atoms with Crippen LogP contribution in [0.3, 0.4) is 0 Å². The number of methoxy groups -OCH3 is 2. The lowest BCUT2D eigenvalue weighted by Crippen LogP contribution is -2.35. The number of nitrogens with one attached hydrogen (secondary N) is 2. The number of esters is 1. The molecule has 0 saturated carbocycles. The van der Waals surface area contributed by atoms with Crippen molar-refractivity contribution in [3.63, 3.8) is 0 Å². The Labute approximate surface area is 194 Å². The summed E-state index contributed by atoms with van der Waals surface area (Å²) in [6.45, 7) is 2.60. The standard InChI is InChI=1S/C20H26N3O10P/c1-12-9-23(20(26)21-18(12)24)16-10-30-17(32-16)11-31-34(27,22-13(2)19(25)29-4)33-15-7-5-14(28-3)6-8-15/h5-9,13,16-17H,10-11H2,1-4H3,(H,22,27)(H,21,24,26)/t13-,16+,17+,34?/m0/s1. The van der Waals surface area contributed by atoms with Gasteiger partial charge in [0.05, 0.1) is 20.8 Å². The molecule has 186 valence electrons. The van der Waals surface area contributed by atoms with Gasteiger partial charge in [0, 0.05) is 11.8 Å². The zero-order chi connectivity index (χ0) is 24.9. The first kappa shape index (κ1) is 25.7. The van der Waals surface area contributed by atoms with Crippen molar-refractivity contribution in [1.29, 1.82) is 0 Å². The van der Waals surface area contributed by atoms with E-state index in [-0.39, 0.29) is 19.0 Å². The van der Waals surface area contributed by atoms with Crippen molar-refractivity contribution in [3.8, 4) is 11.5 Å². The fourth-order valence-corrected chi connectivity index (χ4v) is 4.44. The average molecular weight is 499 g/mol. The number of hydrogen-bond acceptors (Lipinski definition) is 10. The summed E-state index contributed by atoms with van der Waals surface area (Å²) in [6.07, 6.45) is -0.483. The molecule has 14 heteroatoms. The van der Waals surface area contributed by atoms with Crippen molar-refractivity contribution in [1.82, 2.24) is 14.6 Å². The van der Waals surface area contributed by atoms with Crippen LogP contribution < -0.4 is 25.6 Å². The minimum Gasteiger partial charge on any atom is -0.497 e. The van der Waals surface area contributed by atoms with Crippen molar-refractivity contribution in [2.24, 2.45) is 0 Å². The van der Waals surface area contributed by atoms with Crippen LogP contribution in [0.15, 0.2) is 40.1 Å². The highest BCUT2D eigenvalue weighted by Gasteiger charge is 2.36. The monoisotopic (exact) mass is 499 g/mol. The van der Waals surface area contributed by atoms with Crippen LogP contribution in [0.1, 0.15) is 18.7 Å². The number of hydrogen-bond donors (Lipinski definition) is 2. The molecular formula is C20H26N3O10P. The third kappa shape index (κ3) is 6.33. The zero-order valence-electron chi connectivity index (χ0n) is 19.0. The highest BCUT2D eigenvalue weighted by Crippen LogP contribution is 2.45. The van der Waals surface area contributed by atoms with Gasteiger partial charge in [-0.3, -0.25) is 23.7 Å². The lowest BCUT2D eigenvalue weighted by atomic mass is 10.3. The number of ether oxygens (including phenoxy) is 4. The lowest BCUT2D eigenvalue weighted by molar-refractivity contribution is -0.142. The van der Waals surface area contributed by atoms with E-state index in [1.54, 1.807) is 19.1 Å². The Morgan fingerprint density at radius 1 is 1.26 bits per heavy atom. The van der Waals surface area contributed by atoms with Crippen molar-refractivity contribution in [3.05, 3.63) is 56.9 Å².